The highest BCUT2D eigenvalue weighted by Crippen LogP contribution is 2.61. The lowest BCUT2D eigenvalue weighted by Gasteiger charge is -2.32. The maximum Gasteiger partial charge on any atom is 0.0301 e. The molecule has 34 heavy (non-hydrogen) atoms. The molecule has 2 fully saturated rings. The minimum atomic E-state index is 0.394. The smallest absolute Gasteiger partial charge is 0.0301 e. The summed E-state index contributed by atoms with van der Waals surface area (Å²) in [5, 5.41) is 0. The van der Waals surface area contributed by atoms with Crippen LogP contribution in [0.4, 0.5) is 0 Å². The SMILES string of the molecule is CCc1c(C(C2=CCCC=C2)C2=CC=CCC2)cccc1C(c1ccccc1)C1CCC2CC21. The van der Waals surface area contributed by atoms with Crippen molar-refractivity contribution in [2.75, 3.05) is 0 Å². The number of allylic oxidation sites excluding steroid dienone is 8. The van der Waals surface area contributed by atoms with Crippen LogP contribution in [0.3, 0.4) is 0 Å². The molecule has 0 radical (unpaired) electrons. The van der Waals surface area contributed by atoms with Gasteiger partial charge in [0.2, 0.25) is 0 Å². The standard InChI is InChI=1S/C34H38/c1-2-28-29(33(24-13-6-3-7-14-24)25-15-8-4-9-16-25)19-12-20-30(28)34(26-17-10-5-11-18-26)31-22-21-27-23-32(27)31/h3,5-6,8,10-13,15-20,27,31-34H,2,4,7,9,14,21-23H2,1H3. The normalized spacial score (nSPS) is 27.0. The molecule has 5 unspecified atom stereocenters. The van der Waals surface area contributed by atoms with Crippen LogP contribution in [0.5, 0.6) is 0 Å². The molecule has 0 N–H and O–H groups in total. The summed E-state index contributed by atoms with van der Waals surface area (Å²) in [6.45, 7) is 2.39. The molecule has 2 aromatic carbocycles. The van der Waals surface area contributed by atoms with Crippen LogP contribution in [0.1, 0.15) is 86.0 Å². The van der Waals surface area contributed by atoms with Crippen molar-refractivity contribution in [1.82, 2.24) is 0 Å². The molecule has 2 saturated carbocycles. The Labute approximate surface area is 206 Å². The monoisotopic (exact) mass is 446 g/mol. The molecule has 0 aromatic heterocycles. The van der Waals surface area contributed by atoms with E-state index in [1.807, 2.05) is 0 Å². The third kappa shape index (κ3) is 4.06. The Kier molecular flexibility index (Phi) is 6.16. The molecule has 0 aliphatic heterocycles. The molecule has 4 aliphatic rings. The molecule has 0 nitrogen and oxygen atoms in total. The predicted octanol–water partition coefficient (Wildman–Crippen LogP) is 9.06. The highest BCUT2D eigenvalue weighted by Gasteiger charge is 2.51. The first kappa shape index (κ1) is 21.9. The molecule has 0 saturated heterocycles. The van der Waals surface area contributed by atoms with Gasteiger partial charge in [-0.05, 0) is 96.9 Å². The molecule has 6 rings (SSSR count). The van der Waals surface area contributed by atoms with Crippen LogP contribution in [0, 0.1) is 17.8 Å². The maximum absolute atomic E-state index is 2.51. The van der Waals surface area contributed by atoms with Gasteiger partial charge in [0, 0.05) is 11.8 Å². The third-order valence-corrected chi connectivity index (χ3v) is 9.01. The molecule has 0 spiro atoms. The van der Waals surface area contributed by atoms with Gasteiger partial charge < -0.3 is 0 Å². The highest BCUT2D eigenvalue weighted by atomic mass is 14.6. The lowest BCUT2D eigenvalue weighted by atomic mass is 9.72. The van der Waals surface area contributed by atoms with Crippen LogP contribution in [-0.2, 0) is 6.42 Å². The van der Waals surface area contributed by atoms with E-state index in [-0.39, 0.29) is 0 Å². The van der Waals surface area contributed by atoms with Gasteiger partial charge in [-0.2, -0.15) is 0 Å². The summed E-state index contributed by atoms with van der Waals surface area (Å²) in [4.78, 5) is 0. The summed E-state index contributed by atoms with van der Waals surface area (Å²) in [7, 11) is 0. The first-order chi connectivity index (χ1) is 16.8. The Morgan fingerprint density at radius 3 is 2.44 bits per heavy atom. The Morgan fingerprint density at radius 1 is 0.882 bits per heavy atom. The second-order valence-electron chi connectivity index (χ2n) is 10.9. The van der Waals surface area contributed by atoms with Crippen molar-refractivity contribution >= 4 is 0 Å². The number of fused-ring (bicyclic) bond motifs is 1. The Balaban J connectivity index is 1.49. The largest absolute Gasteiger partial charge is 0.0842 e. The average molecular weight is 447 g/mol. The van der Waals surface area contributed by atoms with Gasteiger partial charge in [-0.3, -0.25) is 0 Å². The minimum Gasteiger partial charge on any atom is -0.0842 e. The van der Waals surface area contributed by atoms with Gasteiger partial charge in [0.15, 0.2) is 0 Å². The van der Waals surface area contributed by atoms with Crippen LogP contribution in [0.2, 0.25) is 0 Å². The van der Waals surface area contributed by atoms with Gasteiger partial charge in [-0.15, -0.1) is 0 Å². The summed E-state index contributed by atoms with van der Waals surface area (Å²) in [6.07, 6.45) is 24.4. The Hall–Kier alpha value is -2.60. The third-order valence-electron chi connectivity index (χ3n) is 9.01. The average Bonchev–Trinajstić information content (AvgIpc) is 3.58. The zero-order chi connectivity index (χ0) is 22.9. The fourth-order valence-electron chi connectivity index (χ4n) is 7.38. The van der Waals surface area contributed by atoms with E-state index in [2.05, 4.69) is 91.9 Å². The van der Waals surface area contributed by atoms with E-state index in [4.69, 9.17) is 0 Å². The lowest BCUT2D eigenvalue weighted by molar-refractivity contribution is 0.425. The molecule has 5 atom stereocenters. The zero-order valence-electron chi connectivity index (χ0n) is 20.6. The zero-order valence-corrected chi connectivity index (χ0v) is 20.6. The van der Waals surface area contributed by atoms with Gasteiger partial charge >= 0.3 is 0 Å². The van der Waals surface area contributed by atoms with Gasteiger partial charge in [0.05, 0.1) is 0 Å². The van der Waals surface area contributed by atoms with Crippen molar-refractivity contribution in [1.29, 1.82) is 0 Å². The summed E-state index contributed by atoms with van der Waals surface area (Å²) < 4.78 is 0. The molecule has 174 valence electrons. The summed E-state index contributed by atoms with van der Waals surface area (Å²) in [6, 6.07) is 18.8. The van der Waals surface area contributed by atoms with Crippen molar-refractivity contribution < 1.29 is 0 Å². The van der Waals surface area contributed by atoms with Crippen LogP contribution in [0.25, 0.3) is 0 Å². The maximum atomic E-state index is 2.51. The second-order valence-corrected chi connectivity index (χ2v) is 10.9. The van der Waals surface area contributed by atoms with Crippen LogP contribution in [-0.4, -0.2) is 0 Å². The highest BCUT2D eigenvalue weighted by molar-refractivity contribution is 5.53. The summed E-state index contributed by atoms with van der Waals surface area (Å²) in [5.74, 6) is 3.69. The van der Waals surface area contributed by atoms with Gasteiger partial charge in [-0.1, -0.05) is 97.5 Å². The molecular formula is C34H38. The van der Waals surface area contributed by atoms with Crippen molar-refractivity contribution in [3.05, 3.63) is 118 Å². The molecule has 0 bridgehead atoms. The van der Waals surface area contributed by atoms with Gasteiger partial charge in [0.1, 0.15) is 0 Å². The number of benzene rings is 2. The summed E-state index contributed by atoms with van der Waals surface area (Å²) >= 11 is 0. The Bertz CT molecular complexity index is 1140. The van der Waals surface area contributed by atoms with E-state index in [9.17, 15) is 0 Å². The molecule has 0 heterocycles. The second kappa shape index (κ2) is 9.57. The number of hydrogen-bond acceptors (Lipinski definition) is 0. The van der Waals surface area contributed by atoms with Crippen molar-refractivity contribution in [2.45, 2.75) is 70.1 Å². The minimum absolute atomic E-state index is 0.394. The quantitative estimate of drug-likeness (QED) is 0.398. The Morgan fingerprint density at radius 2 is 1.76 bits per heavy atom. The first-order valence-electron chi connectivity index (χ1n) is 13.7. The molecule has 2 aromatic rings. The fourth-order valence-corrected chi connectivity index (χ4v) is 7.38. The number of hydrogen-bond donors (Lipinski definition) is 0. The van der Waals surface area contributed by atoms with Crippen molar-refractivity contribution in [2.24, 2.45) is 17.8 Å². The van der Waals surface area contributed by atoms with E-state index in [0.717, 1.165) is 30.6 Å². The molecule has 0 heteroatoms. The topological polar surface area (TPSA) is 0 Å². The first-order valence-corrected chi connectivity index (χ1v) is 13.7. The van der Waals surface area contributed by atoms with E-state index >= 15 is 0 Å². The molecular weight excluding hydrogens is 408 g/mol. The summed E-state index contributed by atoms with van der Waals surface area (Å²) in [5.41, 5.74) is 9.41. The van der Waals surface area contributed by atoms with Crippen LogP contribution in [0.15, 0.2) is 96.1 Å². The van der Waals surface area contributed by atoms with Crippen LogP contribution < -0.4 is 0 Å². The van der Waals surface area contributed by atoms with E-state index in [1.54, 1.807) is 22.3 Å². The lowest BCUT2D eigenvalue weighted by Crippen LogP contribution is -2.18. The van der Waals surface area contributed by atoms with Crippen LogP contribution >= 0.6 is 0 Å². The van der Waals surface area contributed by atoms with Crippen molar-refractivity contribution in [3.8, 4) is 0 Å². The number of rotatable bonds is 7. The fraction of sp³-hybridized carbons (Fsp3) is 0.412. The van der Waals surface area contributed by atoms with E-state index in [0.29, 0.717) is 11.8 Å². The van der Waals surface area contributed by atoms with Crippen molar-refractivity contribution in [3.63, 3.8) is 0 Å². The van der Waals surface area contributed by atoms with Gasteiger partial charge in [-0.25, -0.2) is 0 Å². The van der Waals surface area contributed by atoms with E-state index in [1.165, 1.54) is 49.7 Å². The van der Waals surface area contributed by atoms with E-state index < -0.39 is 0 Å². The predicted molar refractivity (Wildman–Crippen MR) is 144 cm³/mol. The van der Waals surface area contributed by atoms with Gasteiger partial charge in [0.25, 0.3) is 0 Å². The molecule has 0 amide bonds. The molecule has 4 aliphatic carbocycles.